The van der Waals surface area contributed by atoms with Crippen LogP contribution in [0.15, 0.2) is 72.8 Å². The Morgan fingerprint density at radius 2 is 0.897 bits per heavy atom. The highest BCUT2D eigenvalue weighted by Crippen LogP contribution is 2.60. The molecule has 29 heavy (non-hydrogen) atoms. The van der Waals surface area contributed by atoms with Crippen LogP contribution in [0, 0.1) is 0 Å². The highest BCUT2D eigenvalue weighted by atomic mass is 32.3. The van der Waals surface area contributed by atoms with Gasteiger partial charge in [-0.25, -0.2) is 9.59 Å². The molecule has 6 rings (SSSR count). The lowest BCUT2D eigenvalue weighted by molar-refractivity contribution is 0.0546. The van der Waals surface area contributed by atoms with Crippen LogP contribution < -0.4 is 8.37 Å². The Morgan fingerprint density at radius 3 is 1.31 bits per heavy atom. The summed E-state index contributed by atoms with van der Waals surface area (Å²) < 4.78 is 22.5. The van der Waals surface area contributed by atoms with Gasteiger partial charge >= 0.3 is 23.1 Å². The van der Waals surface area contributed by atoms with Crippen LogP contribution in [-0.2, 0) is 8.37 Å². The molecule has 0 unspecified atom stereocenters. The fourth-order valence-corrected chi connectivity index (χ4v) is 4.96. The molecular weight excluding hydrogens is 392 g/mol. The van der Waals surface area contributed by atoms with E-state index in [2.05, 4.69) is 0 Å². The third-order valence-corrected chi connectivity index (χ3v) is 6.35. The van der Waals surface area contributed by atoms with Gasteiger partial charge in [0.2, 0.25) is 0 Å². The van der Waals surface area contributed by atoms with Gasteiger partial charge in [0, 0.05) is 0 Å². The molecule has 2 aliphatic heterocycles. The molecule has 4 aromatic carbocycles. The van der Waals surface area contributed by atoms with E-state index >= 15 is 0 Å². The zero-order chi connectivity index (χ0) is 19.6. The van der Waals surface area contributed by atoms with Crippen LogP contribution in [0.5, 0.6) is 11.5 Å². The van der Waals surface area contributed by atoms with E-state index in [1.54, 1.807) is 24.3 Å². The molecule has 1 spiro atoms. The van der Waals surface area contributed by atoms with Gasteiger partial charge in [0.1, 0.15) is 11.1 Å². The number of hydrogen-bond donors (Lipinski definition) is 0. The molecule has 2 heterocycles. The summed E-state index contributed by atoms with van der Waals surface area (Å²) in [6.07, 6.45) is 0. The van der Waals surface area contributed by atoms with E-state index in [4.69, 9.17) is 16.7 Å². The largest absolute Gasteiger partial charge is 0.435 e. The Morgan fingerprint density at radius 1 is 0.517 bits per heavy atom. The second-order valence-corrected chi connectivity index (χ2v) is 8.19. The van der Waals surface area contributed by atoms with Gasteiger partial charge in [-0.05, 0) is 45.8 Å². The smallest absolute Gasteiger partial charge is 0.356 e. The Kier molecular flexibility index (Phi) is 3.17. The zero-order valence-electron chi connectivity index (χ0n) is 14.8. The van der Waals surface area contributed by atoms with Crippen molar-refractivity contribution >= 4 is 44.6 Å². The van der Waals surface area contributed by atoms with E-state index in [0.29, 0.717) is 0 Å². The highest BCUT2D eigenvalue weighted by molar-refractivity contribution is 8.19. The van der Waals surface area contributed by atoms with Crippen LogP contribution in [0.1, 0.15) is 20.7 Å². The molecule has 2 aliphatic rings. The maximum Gasteiger partial charge on any atom is 0.435 e. The van der Waals surface area contributed by atoms with Gasteiger partial charge in [-0.15, -0.1) is 0 Å². The predicted octanol–water partition coefficient (Wildman–Crippen LogP) is 5.26. The summed E-state index contributed by atoms with van der Waals surface area (Å²) in [7, 11) is 0. The first-order valence-electron chi connectivity index (χ1n) is 8.86. The number of fused-ring (bicyclic) bond motifs is 4. The molecule has 0 saturated heterocycles. The van der Waals surface area contributed by atoms with E-state index in [1.165, 1.54) is 0 Å². The molecule has 0 aliphatic carbocycles. The van der Waals surface area contributed by atoms with Crippen LogP contribution in [-0.4, -0.2) is 11.9 Å². The van der Waals surface area contributed by atoms with Crippen LogP contribution >= 0.6 is 11.2 Å². The molecule has 4 aromatic rings. The van der Waals surface area contributed by atoms with Gasteiger partial charge in [-0.3, -0.25) is 0 Å². The van der Waals surface area contributed by atoms with Gasteiger partial charge < -0.3 is 16.7 Å². The Bertz CT molecular complexity index is 1260. The number of hydrogen-bond acceptors (Lipinski definition) is 6. The van der Waals surface area contributed by atoms with Crippen LogP contribution in [0.3, 0.4) is 0 Å². The molecule has 142 valence electrons. The van der Waals surface area contributed by atoms with E-state index < -0.39 is 23.1 Å². The number of carbonyl (C=O) groups excluding carboxylic acids is 2. The monoisotopic (exact) mass is 404 g/mol. The lowest BCUT2D eigenvalue weighted by Crippen LogP contribution is -2.33. The molecule has 0 fully saturated rings. The van der Waals surface area contributed by atoms with Crippen molar-refractivity contribution in [2.45, 2.75) is 0 Å². The van der Waals surface area contributed by atoms with E-state index in [1.807, 2.05) is 48.5 Å². The summed E-state index contributed by atoms with van der Waals surface area (Å²) in [5, 5.41) is 3.50. The van der Waals surface area contributed by atoms with Crippen molar-refractivity contribution in [3.05, 3.63) is 83.9 Å². The number of benzene rings is 4. The quantitative estimate of drug-likeness (QED) is 0.398. The molecule has 7 heteroatoms. The molecule has 0 radical (unpaired) electrons. The van der Waals surface area contributed by atoms with Gasteiger partial charge in [0.05, 0.1) is 0 Å². The molecule has 6 nitrogen and oxygen atoms in total. The second kappa shape index (κ2) is 5.65. The second-order valence-electron chi connectivity index (χ2n) is 6.71. The first-order chi connectivity index (χ1) is 14.1. The third-order valence-electron chi connectivity index (χ3n) is 4.87. The van der Waals surface area contributed by atoms with E-state index in [-0.39, 0.29) is 22.6 Å². The first-order valence-corrected chi connectivity index (χ1v) is 10.2. The summed E-state index contributed by atoms with van der Waals surface area (Å²) in [5.74, 6) is -0.813. The van der Waals surface area contributed by atoms with Gasteiger partial charge in [0.15, 0.2) is 11.5 Å². The molecule has 0 atom stereocenters. The van der Waals surface area contributed by atoms with Crippen molar-refractivity contribution in [3.63, 3.8) is 0 Å². The minimum Gasteiger partial charge on any atom is -0.356 e. The maximum absolute atomic E-state index is 12.7. The maximum atomic E-state index is 12.7. The van der Waals surface area contributed by atoms with Gasteiger partial charge in [0.25, 0.3) is 0 Å². The zero-order valence-corrected chi connectivity index (χ0v) is 15.6. The highest BCUT2D eigenvalue weighted by Gasteiger charge is 2.50. The minimum absolute atomic E-state index is 0.255. The summed E-state index contributed by atoms with van der Waals surface area (Å²) in [4.78, 5) is 25.4. The van der Waals surface area contributed by atoms with Crippen LogP contribution in [0.2, 0.25) is 0 Å². The molecule has 0 aromatic heterocycles. The first kappa shape index (κ1) is 16.3. The molecule has 0 amide bonds. The SMILES string of the molecule is O=C1OS2(OC(=O)c3cc4ccccc4cc3O2)Oc2cc3ccccc3cc21. The Hall–Kier alpha value is -3.71. The van der Waals surface area contributed by atoms with Crippen molar-refractivity contribution in [1.82, 2.24) is 0 Å². The van der Waals surface area contributed by atoms with Crippen LogP contribution in [0.25, 0.3) is 21.5 Å². The van der Waals surface area contributed by atoms with Crippen LogP contribution in [0.4, 0.5) is 0 Å². The Labute approximate surface area is 166 Å². The molecule has 0 N–H and O–H groups in total. The van der Waals surface area contributed by atoms with Crippen molar-refractivity contribution in [2.24, 2.45) is 0 Å². The predicted molar refractivity (Wildman–Crippen MR) is 108 cm³/mol. The van der Waals surface area contributed by atoms with Crippen molar-refractivity contribution in [3.8, 4) is 11.5 Å². The van der Waals surface area contributed by atoms with Gasteiger partial charge in [-0.2, -0.15) is 0 Å². The van der Waals surface area contributed by atoms with Crippen molar-refractivity contribution < 1.29 is 26.3 Å². The third kappa shape index (κ3) is 2.44. The summed E-state index contributed by atoms with van der Waals surface area (Å²) in [5.41, 5.74) is 0.511. The van der Waals surface area contributed by atoms with E-state index in [9.17, 15) is 9.59 Å². The van der Waals surface area contributed by atoms with Crippen molar-refractivity contribution in [2.75, 3.05) is 0 Å². The molecule has 0 saturated carbocycles. The summed E-state index contributed by atoms with van der Waals surface area (Å²) >= 11 is -3.36. The van der Waals surface area contributed by atoms with Crippen molar-refractivity contribution in [1.29, 1.82) is 0 Å². The lowest BCUT2D eigenvalue weighted by Gasteiger charge is -2.39. The summed E-state index contributed by atoms with van der Waals surface area (Å²) in [6.45, 7) is 0. The molecule has 0 bridgehead atoms. The Balaban J connectivity index is 1.47. The normalized spacial score (nSPS) is 17.5. The molecular formula is C22H12O6S. The van der Waals surface area contributed by atoms with E-state index in [0.717, 1.165) is 21.5 Å². The number of rotatable bonds is 0. The summed E-state index contributed by atoms with van der Waals surface area (Å²) in [6, 6.07) is 21.9. The van der Waals surface area contributed by atoms with Gasteiger partial charge in [-0.1, -0.05) is 48.5 Å². The number of carbonyl (C=O) groups is 2. The fraction of sp³-hybridized carbons (Fsp3) is 0. The standard InChI is InChI=1S/C22H12O6S/c23-21-17-9-13-5-1-3-7-15(13)11-19(17)25-29(27-21)26-20-12-16-8-4-2-6-14(16)10-18(20)22(24)28-29/h1-12H. The average Bonchev–Trinajstić information content (AvgIpc) is 2.71. The lowest BCUT2D eigenvalue weighted by atomic mass is 10.1. The minimum atomic E-state index is -3.36. The average molecular weight is 404 g/mol. The fourth-order valence-electron chi connectivity index (χ4n) is 3.49. The topological polar surface area (TPSA) is 71.1 Å².